The van der Waals surface area contributed by atoms with Crippen LogP contribution >= 0.6 is 11.6 Å². The fourth-order valence-electron chi connectivity index (χ4n) is 1.26. The van der Waals surface area contributed by atoms with E-state index in [-0.39, 0.29) is 17.2 Å². The van der Waals surface area contributed by atoms with Gasteiger partial charge in [-0.15, -0.1) is 0 Å². The molecule has 17 heavy (non-hydrogen) atoms. The van der Waals surface area contributed by atoms with Gasteiger partial charge in [-0.05, 0) is 17.5 Å². The molecule has 0 aliphatic carbocycles. The average molecular weight is 259 g/mol. The number of hydrogen-bond acceptors (Lipinski definition) is 6. The highest BCUT2D eigenvalue weighted by atomic mass is 35.5. The number of esters is 1. The maximum atomic E-state index is 11.6. The van der Waals surface area contributed by atoms with E-state index in [2.05, 4.69) is 15.3 Å². The van der Waals surface area contributed by atoms with Crippen molar-refractivity contribution in [3.05, 3.63) is 11.5 Å². The summed E-state index contributed by atoms with van der Waals surface area (Å²) >= 11 is 5.66. The Bertz CT molecular complexity index is 411. The second-order valence-electron chi connectivity index (χ2n) is 3.83. The predicted molar refractivity (Wildman–Crippen MR) is 65.7 cm³/mol. The van der Waals surface area contributed by atoms with Crippen LogP contribution in [-0.4, -0.2) is 29.1 Å². The number of carbonyl (C=O) groups is 1. The van der Waals surface area contributed by atoms with Gasteiger partial charge in [0.05, 0.1) is 19.0 Å². The molecule has 3 N–H and O–H groups in total. The van der Waals surface area contributed by atoms with E-state index in [9.17, 15) is 4.79 Å². The van der Waals surface area contributed by atoms with Gasteiger partial charge in [0.15, 0.2) is 5.82 Å². The number of rotatable bonds is 4. The van der Waals surface area contributed by atoms with Gasteiger partial charge in [-0.3, -0.25) is 0 Å². The number of nitrogens with two attached hydrogens (primary N) is 1. The first-order valence-electron chi connectivity index (χ1n) is 5.08. The molecule has 0 spiro atoms. The molecule has 1 atom stereocenters. The van der Waals surface area contributed by atoms with E-state index in [1.165, 1.54) is 13.3 Å². The van der Waals surface area contributed by atoms with Crippen LogP contribution in [0.5, 0.6) is 0 Å². The minimum Gasteiger partial charge on any atom is -0.467 e. The topological polar surface area (TPSA) is 90.1 Å². The molecule has 0 aromatic carbocycles. The summed E-state index contributed by atoms with van der Waals surface area (Å²) in [5.74, 6) is -0.0289. The van der Waals surface area contributed by atoms with Crippen LogP contribution in [0.4, 0.5) is 11.5 Å². The molecule has 7 heteroatoms. The quantitative estimate of drug-likeness (QED) is 0.625. The molecule has 1 heterocycles. The standard InChI is InChI=1S/C10H15ClN4O2/c1-5(2)7(9(16)17-3)14-8-6(12)4-13-10(11)15-8/h4-5,7H,12H2,1-3H3,(H,13,14,15). The molecule has 0 saturated heterocycles. The molecule has 94 valence electrons. The molecule has 1 aromatic heterocycles. The zero-order valence-electron chi connectivity index (χ0n) is 9.90. The number of anilines is 2. The molecule has 0 saturated carbocycles. The lowest BCUT2D eigenvalue weighted by Gasteiger charge is -2.20. The fraction of sp³-hybridized carbons (Fsp3) is 0.500. The number of nitrogens with zero attached hydrogens (tertiary/aromatic N) is 2. The molecule has 6 nitrogen and oxygen atoms in total. The van der Waals surface area contributed by atoms with E-state index >= 15 is 0 Å². The molecule has 0 radical (unpaired) electrons. The fourth-order valence-corrected chi connectivity index (χ4v) is 1.39. The Morgan fingerprint density at radius 3 is 2.76 bits per heavy atom. The monoisotopic (exact) mass is 258 g/mol. The van der Waals surface area contributed by atoms with E-state index in [4.69, 9.17) is 22.1 Å². The van der Waals surface area contributed by atoms with Gasteiger partial charge in [0.2, 0.25) is 5.28 Å². The maximum Gasteiger partial charge on any atom is 0.328 e. The molecule has 0 aliphatic rings. The van der Waals surface area contributed by atoms with Crippen LogP contribution < -0.4 is 11.1 Å². The van der Waals surface area contributed by atoms with Gasteiger partial charge in [-0.25, -0.2) is 9.78 Å². The third-order valence-corrected chi connectivity index (χ3v) is 2.38. The molecule has 1 aromatic rings. The molecule has 1 rings (SSSR count). The Hall–Kier alpha value is -1.56. The number of nitrogens with one attached hydrogen (secondary N) is 1. The van der Waals surface area contributed by atoms with Gasteiger partial charge in [0.1, 0.15) is 6.04 Å². The second-order valence-corrected chi connectivity index (χ2v) is 4.17. The molecule has 0 fully saturated rings. The van der Waals surface area contributed by atoms with Crippen molar-refractivity contribution >= 4 is 29.1 Å². The number of methoxy groups -OCH3 is 1. The normalized spacial score (nSPS) is 12.3. The molecule has 0 aliphatic heterocycles. The molecular weight excluding hydrogens is 244 g/mol. The number of halogens is 1. The van der Waals surface area contributed by atoms with Crippen LogP contribution in [0.25, 0.3) is 0 Å². The van der Waals surface area contributed by atoms with Crippen LogP contribution in [0.3, 0.4) is 0 Å². The van der Waals surface area contributed by atoms with E-state index in [1.54, 1.807) is 0 Å². The highest BCUT2D eigenvalue weighted by Gasteiger charge is 2.24. The second kappa shape index (κ2) is 5.67. The lowest BCUT2D eigenvalue weighted by Crippen LogP contribution is -2.36. The van der Waals surface area contributed by atoms with Crippen LogP contribution in [-0.2, 0) is 9.53 Å². The number of aromatic nitrogens is 2. The number of carbonyl (C=O) groups excluding carboxylic acids is 1. The Morgan fingerprint density at radius 2 is 2.24 bits per heavy atom. The van der Waals surface area contributed by atoms with Crippen molar-refractivity contribution < 1.29 is 9.53 Å². The first kappa shape index (κ1) is 13.5. The average Bonchev–Trinajstić information content (AvgIpc) is 2.28. The van der Waals surface area contributed by atoms with Gasteiger partial charge >= 0.3 is 5.97 Å². The van der Waals surface area contributed by atoms with Crippen molar-refractivity contribution in [2.45, 2.75) is 19.9 Å². The van der Waals surface area contributed by atoms with Crippen LogP contribution in [0.15, 0.2) is 6.20 Å². The van der Waals surface area contributed by atoms with E-state index in [0.717, 1.165) is 0 Å². The van der Waals surface area contributed by atoms with Crippen molar-refractivity contribution in [2.24, 2.45) is 5.92 Å². The Morgan fingerprint density at radius 1 is 1.59 bits per heavy atom. The summed E-state index contributed by atoms with van der Waals surface area (Å²) in [4.78, 5) is 19.2. The largest absolute Gasteiger partial charge is 0.467 e. The predicted octanol–water partition coefficient (Wildman–Crippen LogP) is 1.32. The first-order valence-corrected chi connectivity index (χ1v) is 5.46. The van der Waals surface area contributed by atoms with Crippen molar-refractivity contribution in [3.8, 4) is 0 Å². The van der Waals surface area contributed by atoms with E-state index in [1.807, 2.05) is 13.8 Å². The number of hydrogen-bond donors (Lipinski definition) is 2. The van der Waals surface area contributed by atoms with Crippen molar-refractivity contribution in [1.29, 1.82) is 0 Å². The van der Waals surface area contributed by atoms with Gasteiger partial charge < -0.3 is 15.8 Å². The van der Waals surface area contributed by atoms with E-state index in [0.29, 0.717) is 11.5 Å². The van der Waals surface area contributed by atoms with Crippen molar-refractivity contribution in [2.75, 3.05) is 18.2 Å². The highest BCUT2D eigenvalue weighted by Crippen LogP contribution is 2.19. The minimum atomic E-state index is -0.534. The molecule has 1 unspecified atom stereocenters. The third-order valence-electron chi connectivity index (χ3n) is 2.20. The molecule has 0 bridgehead atoms. The third kappa shape index (κ3) is 3.45. The summed E-state index contributed by atoms with van der Waals surface area (Å²) < 4.78 is 4.70. The Kier molecular flexibility index (Phi) is 4.51. The van der Waals surface area contributed by atoms with Crippen LogP contribution in [0.2, 0.25) is 5.28 Å². The molecular formula is C10H15ClN4O2. The summed E-state index contributed by atoms with van der Waals surface area (Å²) in [6.07, 6.45) is 1.38. The van der Waals surface area contributed by atoms with E-state index < -0.39 is 6.04 Å². The van der Waals surface area contributed by atoms with Gasteiger partial charge in [0.25, 0.3) is 0 Å². The molecule has 0 amide bonds. The van der Waals surface area contributed by atoms with Crippen molar-refractivity contribution in [3.63, 3.8) is 0 Å². The summed E-state index contributed by atoms with van der Waals surface area (Å²) in [6, 6.07) is -0.534. The van der Waals surface area contributed by atoms with Gasteiger partial charge in [0, 0.05) is 0 Å². The zero-order valence-corrected chi connectivity index (χ0v) is 10.7. The van der Waals surface area contributed by atoms with Crippen LogP contribution in [0.1, 0.15) is 13.8 Å². The minimum absolute atomic E-state index is 0.0237. The van der Waals surface area contributed by atoms with Crippen LogP contribution in [0, 0.1) is 5.92 Å². The summed E-state index contributed by atoms with van der Waals surface area (Å²) in [7, 11) is 1.33. The number of ether oxygens (including phenoxy) is 1. The Balaban J connectivity index is 2.93. The van der Waals surface area contributed by atoms with Gasteiger partial charge in [-0.2, -0.15) is 4.98 Å². The lowest BCUT2D eigenvalue weighted by molar-refractivity contribution is -0.142. The Labute approximate surface area is 105 Å². The summed E-state index contributed by atoms with van der Waals surface area (Å²) in [5.41, 5.74) is 6.00. The zero-order chi connectivity index (χ0) is 13.0. The highest BCUT2D eigenvalue weighted by molar-refractivity contribution is 6.28. The SMILES string of the molecule is COC(=O)C(Nc1nc(Cl)ncc1N)C(C)C. The smallest absolute Gasteiger partial charge is 0.328 e. The lowest BCUT2D eigenvalue weighted by atomic mass is 10.0. The first-order chi connectivity index (χ1) is 7.95. The maximum absolute atomic E-state index is 11.6. The number of nitrogen functional groups attached to an aromatic ring is 1. The van der Waals surface area contributed by atoms with Gasteiger partial charge in [-0.1, -0.05) is 13.8 Å². The summed E-state index contributed by atoms with van der Waals surface area (Å²) in [6.45, 7) is 3.77. The van der Waals surface area contributed by atoms with Crippen molar-refractivity contribution in [1.82, 2.24) is 9.97 Å². The summed E-state index contributed by atoms with van der Waals surface area (Å²) in [5, 5.41) is 2.97.